The largest absolute Gasteiger partial charge is 0.204 e. The minimum Gasteiger partial charge on any atom is -0.204 e. The minimum absolute atomic E-state index is 0.0138. The zero-order valence-corrected chi connectivity index (χ0v) is 10.7. The van der Waals surface area contributed by atoms with Crippen LogP contribution in [0.5, 0.6) is 0 Å². The lowest BCUT2D eigenvalue weighted by molar-refractivity contribution is 0.506. The highest BCUT2D eigenvalue weighted by Gasteiger charge is 2.14. The van der Waals surface area contributed by atoms with E-state index in [4.69, 9.17) is 11.6 Å². The molecule has 0 N–H and O–H groups in total. The Hall–Kier alpha value is -0.150. The predicted molar refractivity (Wildman–Crippen MR) is 62.6 cm³/mol. The second-order valence-electron chi connectivity index (χ2n) is 3.40. The van der Waals surface area contributed by atoms with Gasteiger partial charge in [-0.2, -0.15) is 0 Å². The number of hydrogen-bond acceptors (Lipinski definition) is 0. The first-order chi connectivity index (χ1) is 7.06. The lowest BCUT2D eigenvalue weighted by Gasteiger charge is -2.11. The van der Waals surface area contributed by atoms with Crippen molar-refractivity contribution in [2.24, 2.45) is 0 Å². The van der Waals surface area contributed by atoms with E-state index in [2.05, 4.69) is 22.9 Å². The van der Waals surface area contributed by atoms with Gasteiger partial charge in [0.2, 0.25) is 0 Å². The maximum absolute atomic E-state index is 13.0. The molecule has 1 atom stereocenters. The molecular formula is C11H12BrClF2. The van der Waals surface area contributed by atoms with Crippen LogP contribution >= 0.6 is 27.5 Å². The molecule has 0 nitrogen and oxygen atoms in total. The van der Waals surface area contributed by atoms with E-state index < -0.39 is 11.6 Å². The third kappa shape index (κ3) is 3.42. The zero-order valence-electron chi connectivity index (χ0n) is 8.37. The average molecular weight is 298 g/mol. The zero-order chi connectivity index (χ0) is 11.4. The summed E-state index contributed by atoms with van der Waals surface area (Å²) in [6.45, 7) is 2.08. The van der Waals surface area contributed by atoms with E-state index >= 15 is 0 Å². The lowest BCUT2D eigenvalue weighted by atomic mass is 10.1. The molecule has 0 aliphatic carbocycles. The molecule has 0 spiro atoms. The Morgan fingerprint density at radius 2 is 1.93 bits per heavy atom. The topological polar surface area (TPSA) is 0 Å². The van der Waals surface area contributed by atoms with Gasteiger partial charge < -0.3 is 0 Å². The summed E-state index contributed by atoms with van der Waals surface area (Å²) in [5, 5.41) is 0.270. The molecule has 1 aromatic carbocycles. The highest BCUT2D eigenvalue weighted by Crippen LogP contribution is 2.34. The molecule has 0 radical (unpaired) electrons. The maximum atomic E-state index is 13.0. The van der Waals surface area contributed by atoms with Gasteiger partial charge in [-0.05, 0) is 24.1 Å². The highest BCUT2D eigenvalue weighted by atomic mass is 79.9. The van der Waals surface area contributed by atoms with Crippen molar-refractivity contribution in [3.63, 3.8) is 0 Å². The molecule has 0 aliphatic rings. The summed E-state index contributed by atoms with van der Waals surface area (Å²) in [6, 6.07) is 2.18. The van der Waals surface area contributed by atoms with Crippen LogP contribution in [0.4, 0.5) is 8.78 Å². The summed E-state index contributed by atoms with van der Waals surface area (Å²) in [5.74, 6) is -1.76. The second-order valence-corrected chi connectivity index (χ2v) is 4.91. The fourth-order valence-corrected chi connectivity index (χ4v) is 2.43. The molecule has 0 bridgehead atoms. The molecule has 4 heteroatoms. The van der Waals surface area contributed by atoms with Crippen molar-refractivity contribution in [1.29, 1.82) is 0 Å². The van der Waals surface area contributed by atoms with E-state index in [1.54, 1.807) is 0 Å². The predicted octanol–water partition coefficient (Wildman–Crippen LogP) is 5.24. The standard InChI is InChI=1S/C11H12BrClF2/c1-2-3-4-8(12)7-5-10(14)11(15)6-9(7)13/h5-6,8H,2-4H2,1H3. The maximum Gasteiger partial charge on any atom is 0.160 e. The van der Waals surface area contributed by atoms with Crippen LogP contribution in [0.15, 0.2) is 12.1 Å². The van der Waals surface area contributed by atoms with Crippen molar-refractivity contribution in [1.82, 2.24) is 0 Å². The molecule has 0 amide bonds. The van der Waals surface area contributed by atoms with Crippen LogP contribution in [0.1, 0.15) is 36.6 Å². The molecule has 0 aromatic heterocycles. The normalized spacial score (nSPS) is 12.9. The van der Waals surface area contributed by atoms with Crippen LogP contribution in [0, 0.1) is 11.6 Å². The molecule has 0 heterocycles. The number of hydrogen-bond donors (Lipinski definition) is 0. The number of rotatable bonds is 4. The summed E-state index contributed by atoms with van der Waals surface area (Å²) < 4.78 is 25.8. The first-order valence-corrected chi connectivity index (χ1v) is 6.14. The van der Waals surface area contributed by atoms with Gasteiger partial charge in [-0.25, -0.2) is 8.78 Å². The van der Waals surface area contributed by atoms with Gasteiger partial charge in [0.05, 0.1) is 0 Å². The quantitative estimate of drug-likeness (QED) is 0.526. The van der Waals surface area contributed by atoms with E-state index in [9.17, 15) is 8.78 Å². The van der Waals surface area contributed by atoms with Crippen LogP contribution in [0.3, 0.4) is 0 Å². The van der Waals surface area contributed by atoms with Crippen LogP contribution in [-0.2, 0) is 0 Å². The molecule has 15 heavy (non-hydrogen) atoms. The minimum atomic E-state index is -0.904. The van der Waals surface area contributed by atoms with Gasteiger partial charge in [-0.15, -0.1) is 0 Å². The van der Waals surface area contributed by atoms with Crippen LogP contribution in [0.2, 0.25) is 5.02 Å². The van der Waals surface area contributed by atoms with E-state index in [0.29, 0.717) is 5.56 Å². The van der Waals surface area contributed by atoms with Crippen molar-refractivity contribution in [3.8, 4) is 0 Å². The summed E-state index contributed by atoms with van der Waals surface area (Å²) in [4.78, 5) is -0.0138. The number of benzene rings is 1. The third-order valence-electron chi connectivity index (χ3n) is 2.19. The smallest absolute Gasteiger partial charge is 0.160 e. The van der Waals surface area contributed by atoms with E-state index in [-0.39, 0.29) is 9.85 Å². The van der Waals surface area contributed by atoms with Gasteiger partial charge in [-0.3, -0.25) is 0 Å². The Morgan fingerprint density at radius 3 is 2.53 bits per heavy atom. The molecule has 1 rings (SSSR count). The van der Waals surface area contributed by atoms with E-state index in [0.717, 1.165) is 31.4 Å². The van der Waals surface area contributed by atoms with Crippen LogP contribution in [0.25, 0.3) is 0 Å². The highest BCUT2D eigenvalue weighted by molar-refractivity contribution is 9.09. The van der Waals surface area contributed by atoms with Crippen molar-refractivity contribution in [3.05, 3.63) is 34.4 Å². The van der Waals surface area contributed by atoms with Gasteiger partial charge >= 0.3 is 0 Å². The molecular weight excluding hydrogens is 285 g/mol. The molecule has 0 fully saturated rings. The van der Waals surface area contributed by atoms with Gasteiger partial charge in [0, 0.05) is 9.85 Å². The van der Waals surface area contributed by atoms with Crippen LogP contribution < -0.4 is 0 Å². The van der Waals surface area contributed by atoms with Gasteiger partial charge in [-0.1, -0.05) is 47.3 Å². The second kappa shape index (κ2) is 5.80. The molecule has 0 saturated carbocycles. The number of halogens is 4. The molecule has 0 saturated heterocycles. The number of alkyl halides is 1. The Balaban J connectivity index is 2.88. The number of unbranched alkanes of at least 4 members (excludes halogenated alkanes) is 1. The van der Waals surface area contributed by atoms with Crippen molar-refractivity contribution >= 4 is 27.5 Å². The average Bonchev–Trinajstić information content (AvgIpc) is 2.20. The lowest BCUT2D eigenvalue weighted by Crippen LogP contribution is -1.95. The van der Waals surface area contributed by atoms with Crippen LogP contribution in [-0.4, -0.2) is 0 Å². The summed E-state index contributed by atoms with van der Waals surface area (Å²) in [7, 11) is 0. The van der Waals surface area contributed by atoms with Gasteiger partial charge in [0.25, 0.3) is 0 Å². The Morgan fingerprint density at radius 1 is 1.33 bits per heavy atom. The first kappa shape index (κ1) is 12.9. The van der Waals surface area contributed by atoms with Gasteiger partial charge in [0.1, 0.15) is 0 Å². The Kier molecular flexibility index (Phi) is 5.00. The van der Waals surface area contributed by atoms with Crippen molar-refractivity contribution in [2.75, 3.05) is 0 Å². The van der Waals surface area contributed by atoms with Crippen molar-refractivity contribution < 1.29 is 8.78 Å². The SMILES string of the molecule is CCCCC(Br)c1cc(F)c(F)cc1Cl. The molecule has 1 aromatic rings. The Bertz CT molecular complexity index is 342. The molecule has 1 unspecified atom stereocenters. The molecule has 84 valence electrons. The van der Waals surface area contributed by atoms with Crippen molar-refractivity contribution in [2.45, 2.75) is 31.0 Å². The fourth-order valence-electron chi connectivity index (χ4n) is 1.32. The van der Waals surface area contributed by atoms with E-state index in [1.165, 1.54) is 0 Å². The Labute approximate surface area is 102 Å². The third-order valence-corrected chi connectivity index (χ3v) is 3.47. The summed E-state index contributed by atoms with van der Waals surface area (Å²) in [6.07, 6.45) is 2.94. The first-order valence-electron chi connectivity index (χ1n) is 4.84. The summed E-state index contributed by atoms with van der Waals surface area (Å²) >= 11 is 9.26. The molecule has 0 aliphatic heterocycles. The fraction of sp³-hybridized carbons (Fsp3) is 0.455. The van der Waals surface area contributed by atoms with Gasteiger partial charge in [0.15, 0.2) is 11.6 Å². The summed E-state index contributed by atoms with van der Waals surface area (Å²) in [5.41, 5.74) is 0.615. The monoisotopic (exact) mass is 296 g/mol. The van der Waals surface area contributed by atoms with E-state index in [1.807, 2.05) is 0 Å².